The van der Waals surface area contributed by atoms with Gasteiger partial charge in [0.1, 0.15) is 0 Å². The van der Waals surface area contributed by atoms with Gasteiger partial charge in [-0.3, -0.25) is 6.08 Å². The molecule has 0 radical (unpaired) electrons. The van der Waals surface area contributed by atoms with Crippen LogP contribution < -0.4 is 0 Å². The Bertz CT molecular complexity index is 147. The Morgan fingerprint density at radius 3 is 2.00 bits per heavy atom. The Balaban J connectivity index is -0.0000000276. The molecule has 86 valence electrons. The number of aliphatic hydroxyl groups excluding tert-OH is 1. The summed E-state index contributed by atoms with van der Waals surface area (Å²) >= 11 is -0.722. The summed E-state index contributed by atoms with van der Waals surface area (Å²) in [5, 5.41) is 7.46. The summed E-state index contributed by atoms with van der Waals surface area (Å²) in [5.41, 5.74) is 0. The number of hydrogen-bond donors (Lipinski definition) is 1. The molecular weight excluding hydrogens is 275 g/mol. The molecule has 0 saturated heterocycles. The van der Waals surface area contributed by atoms with E-state index in [1.807, 2.05) is 12.2 Å². The molecule has 0 unspecified atom stereocenters. The van der Waals surface area contributed by atoms with Crippen LogP contribution in [0.4, 0.5) is 0 Å². The maximum absolute atomic E-state index is 9.07. The van der Waals surface area contributed by atoms with Crippen molar-refractivity contribution in [3.63, 3.8) is 0 Å². The van der Waals surface area contributed by atoms with Crippen LogP contribution in [0.1, 0.15) is 6.42 Å². The number of halogens is 2. The molecule has 6 heteroatoms. The second-order valence-electron chi connectivity index (χ2n) is 1.37. The fourth-order valence-electron chi connectivity index (χ4n) is 0.340. The van der Waals surface area contributed by atoms with Gasteiger partial charge in [-0.2, -0.15) is 6.08 Å². The quantitative estimate of drug-likeness (QED) is 0.541. The molecule has 1 rings (SSSR count). The Kier molecular flexibility index (Phi) is 78.0. The molecule has 0 spiro atoms. The number of allylic oxidation sites excluding steroid dienone is 4. The van der Waals surface area contributed by atoms with E-state index in [1.165, 1.54) is 0 Å². The van der Waals surface area contributed by atoms with E-state index in [-0.39, 0.29) is 38.8 Å². The first kappa shape index (κ1) is 29.3. The molecule has 1 N–H and O–H groups in total. The van der Waals surface area contributed by atoms with E-state index in [4.69, 9.17) is 8.43 Å². The van der Waals surface area contributed by atoms with Crippen molar-refractivity contribution in [1.29, 1.82) is 0 Å². The van der Waals surface area contributed by atoms with Gasteiger partial charge in [0.25, 0.3) is 0 Å². The van der Waals surface area contributed by atoms with Crippen molar-refractivity contribution in [3.05, 3.63) is 38.7 Å². The zero-order valence-corrected chi connectivity index (χ0v) is 12.8. The van der Waals surface area contributed by atoms with Crippen LogP contribution in [-0.4, -0.2) is 19.3 Å². The van der Waals surface area contributed by atoms with Crippen molar-refractivity contribution in [3.8, 4) is 0 Å². The molecule has 0 aromatic heterocycles. The first-order valence-corrected chi connectivity index (χ1v) is 7.75. The van der Waals surface area contributed by atoms with Crippen molar-refractivity contribution in [2.24, 2.45) is 0 Å². The molecule has 0 aliphatic heterocycles. The Hall–Kier alpha value is 0.751. The molecular formula is C8H17Cl2O2SiTi-3. The molecule has 0 amide bonds. The zero-order valence-electron chi connectivity index (χ0n) is 8.23. The van der Waals surface area contributed by atoms with Crippen molar-refractivity contribution >= 4 is 32.4 Å². The number of aliphatic hydroxyl groups is 1. The van der Waals surface area contributed by atoms with Gasteiger partial charge in [-0.25, -0.2) is 12.2 Å². The molecule has 0 aromatic rings. The Labute approximate surface area is 110 Å². The summed E-state index contributed by atoms with van der Waals surface area (Å²) in [6.45, 7) is 3.04. The van der Waals surface area contributed by atoms with Gasteiger partial charge in [0.15, 0.2) is 0 Å². The van der Waals surface area contributed by atoms with Crippen molar-refractivity contribution in [2.45, 2.75) is 6.42 Å². The van der Waals surface area contributed by atoms with Crippen LogP contribution in [-0.2, 0) is 21.2 Å². The molecule has 2 nitrogen and oxygen atoms in total. The van der Waals surface area contributed by atoms with Crippen molar-refractivity contribution < 1.29 is 26.3 Å². The van der Waals surface area contributed by atoms with Gasteiger partial charge in [0.05, 0.1) is 0 Å². The van der Waals surface area contributed by atoms with Crippen molar-refractivity contribution in [2.75, 3.05) is 6.61 Å². The van der Waals surface area contributed by atoms with Gasteiger partial charge in [0.2, 0.25) is 0 Å². The molecule has 0 atom stereocenters. The molecule has 0 aromatic carbocycles. The third-order valence-corrected chi connectivity index (χ3v) is 0.586. The van der Waals surface area contributed by atoms with Gasteiger partial charge in [-0.05, 0) is 0 Å². The SMILES string of the molecule is Cl.Cl.[C-]1=CC=CC1.[CH2-]CO.[CH3-].[O]=[Ti]=[SiH2]. The molecule has 1 aliphatic rings. The maximum atomic E-state index is 9.07. The van der Waals surface area contributed by atoms with Crippen LogP contribution >= 0.6 is 24.8 Å². The summed E-state index contributed by atoms with van der Waals surface area (Å²) < 4.78 is 9.07. The summed E-state index contributed by atoms with van der Waals surface area (Å²) in [6, 6.07) is 0. The monoisotopic (exact) mass is 291 g/mol. The van der Waals surface area contributed by atoms with E-state index < -0.39 is 17.9 Å². The van der Waals surface area contributed by atoms with Crippen LogP contribution in [0.3, 0.4) is 0 Å². The third kappa shape index (κ3) is 53.2. The second kappa shape index (κ2) is 37.2. The summed E-state index contributed by atoms with van der Waals surface area (Å²) in [6.07, 6.45) is 10.0. The molecule has 1 aliphatic carbocycles. The topological polar surface area (TPSA) is 37.3 Å². The predicted molar refractivity (Wildman–Crippen MR) is 64.2 cm³/mol. The second-order valence-corrected chi connectivity index (χ2v) is 3.01. The zero-order chi connectivity index (χ0) is 8.95. The minimum atomic E-state index is -0.722. The summed E-state index contributed by atoms with van der Waals surface area (Å²) in [7, 11) is 1.54. The first-order chi connectivity index (χ1) is 5.33. The molecule has 0 saturated carbocycles. The van der Waals surface area contributed by atoms with Gasteiger partial charge in [-0.15, -0.1) is 31.2 Å². The van der Waals surface area contributed by atoms with Crippen LogP contribution in [0.25, 0.3) is 0 Å². The summed E-state index contributed by atoms with van der Waals surface area (Å²) in [5.74, 6) is 0. The van der Waals surface area contributed by atoms with E-state index in [0.29, 0.717) is 0 Å². The van der Waals surface area contributed by atoms with Crippen LogP contribution in [0.15, 0.2) is 18.2 Å². The van der Waals surface area contributed by atoms with Crippen molar-refractivity contribution in [1.82, 2.24) is 0 Å². The normalized spacial score (nSPS) is 8.14. The Morgan fingerprint density at radius 1 is 1.57 bits per heavy atom. The van der Waals surface area contributed by atoms with Crippen LogP contribution in [0, 0.1) is 20.4 Å². The number of hydrogen-bond acceptors (Lipinski definition) is 2. The minimum absolute atomic E-state index is 0. The average molecular weight is 292 g/mol. The fourth-order valence-corrected chi connectivity index (χ4v) is 0.340. The standard InChI is InChI=1S/C5H5.C2H5O.CH3.2ClH.O.H2Si.Ti/c1-2-4-5-3-1;1-2-3;;;;;;/h1-3H,4H2;3H,1-2H2;1H3;2*1H;;1H2;/q3*-1;;;;;. The number of rotatable bonds is 0. The Morgan fingerprint density at radius 2 is 1.93 bits per heavy atom. The van der Waals surface area contributed by atoms with E-state index in [2.05, 4.69) is 19.1 Å². The van der Waals surface area contributed by atoms with Crippen LogP contribution in [0.5, 0.6) is 0 Å². The van der Waals surface area contributed by atoms with E-state index in [0.717, 1.165) is 6.42 Å². The van der Waals surface area contributed by atoms with Gasteiger partial charge < -0.3 is 19.5 Å². The van der Waals surface area contributed by atoms with Gasteiger partial charge in [-0.1, -0.05) is 6.61 Å². The average Bonchev–Trinajstić information content (AvgIpc) is 2.44. The molecule has 0 fully saturated rings. The summed E-state index contributed by atoms with van der Waals surface area (Å²) in [4.78, 5) is 0. The van der Waals surface area contributed by atoms with Gasteiger partial charge >= 0.3 is 28.8 Å². The van der Waals surface area contributed by atoms with E-state index in [9.17, 15) is 0 Å². The predicted octanol–water partition coefficient (Wildman–Crippen LogP) is 1.37. The fraction of sp³-hybridized carbons (Fsp3) is 0.250. The molecule has 0 heterocycles. The third-order valence-electron chi connectivity index (χ3n) is 0.586. The van der Waals surface area contributed by atoms with E-state index >= 15 is 0 Å². The van der Waals surface area contributed by atoms with Gasteiger partial charge in [0, 0.05) is 0 Å². The first-order valence-electron chi connectivity index (χ1n) is 3.09. The van der Waals surface area contributed by atoms with Crippen LogP contribution in [0.2, 0.25) is 0 Å². The molecule has 0 bridgehead atoms. The van der Waals surface area contributed by atoms with E-state index in [1.54, 1.807) is 7.63 Å². The molecule has 14 heavy (non-hydrogen) atoms.